The first kappa shape index (κ1) is 13.1. The fourth-order valence-corrected chi connectivity index (χ4v) is 2.57. The second-order valence-corrected chi connectivity index (χ2v) is 5.13. The number of nitrogens with one attached hydrogen (secondary N) is 1. The summed E-state index contributed by atoms with van der Waals surface area (Å²) in [7, 11) is 5.93. The zero-order chi connectivity index (χ0) is 13.0. The molecular weight excluding hydrogens is 228 g/mol. The van der Waals surface area contributed by atoms with Gasteiger partial charge in [-0.3, -0.25) is 0 Å². The molecule has 5 heteroatoms. The SMILES string of the molecule is COc1cnc(NCC2(N(C)C)CCCC2)nc1. The predicted molar refractivity (Wildman–Crippen MR) is 72.0 cm³/mol. The average Bonchev–Trinajstić information content (AvgIpc) is 2.87. The molecule has 1 aliphatic rings. The summed E-state index contributed by atoms with van der Waals surface area (Å²) >= 11 is 0. The lowest BCUT2D eigenvalue weighted by atomic mass is 9.96. The van der Waals surface area contributed by atoms with Crippen molar-refractivity contribution in [1.29, 1.82) is 0 Å². The number of anilines is 1. The molecule has 1 aromatic rings. The molecule has 1 N–H and O–H groups in total. The van der Waals surface area contributed by atoms with Crippen molar-refractivity contribution in [2.75, 3.05) is 33.1 Å². The molecule has 18 heavy (non-hydrogen) atoms. The zero-order valence-corrected chi connectivity index (χ0v) is 11.4. The smallest absolute Gasteiger partial charge is 0.222 e. The highest BCUT2D eigenvalue weighted by Crippen LogP contribution is 2.33. The molecule has 0 amide bonds. The Morgan fingerprint density at radius 3 is 2.39 bits per heavy atom. The molecule has 1 aromatic heterocycles. The average molecular weight is 250 g/mol. The molecule has 0 unspecified atom stereocenters. The number of nitrogens with zero attached hydrogens (tertiary/aromatic N) is 3. The number of ether oxygens (including phenoxy) is 1. The van der Waals surface area contributed by atoms with Crippen molar-refractivity contribution < 1.29 is 4.74 Å². The van der Waals surface area contributed by atoms with E-state index < -0.39 is 0 Å². The van der Waals surface area contributed by atoms with Crippen molar-refractivity contribution in [3.05, 3.63) is 12.4 Å². The highest BCUT2D eigenvalue weighted by atomic mass is 16.5. The lowest BCUT2D eigenvalue weighted by Gasteiger charge is -2.36. The molecule has 100 valence electrons. The minimum Gasteiger partial charge on any atom is -0.494 e. The first-order valence-electron chi connectivity index (χ1n) is 6.44. The van der Waals surface area contributed by atoms with Crippen molar-refractivity contribution in [1.82, 2.24) is 14.9 Å². The monoisotopic (exact) mass is 250 g/mol. The van der Waals surface area contributed by atoms with Crippen molar-refractivity contribution in [3.63, 3.8) is 0 Å². The third kappa shape index (κ3) is 2.72. The Balaban J connectivity index is 1.96. The van der Waals surface area contributed by atoms with E-state index in [4.69, 9.17) is 4.74 Å². The molecule has 0 aromatic carbocycles. The van der Waals surface area contributed by atoms with Crippen LogP contribution in [0.25, 0.3) is 0 Å². The summed E-state index contributed by atoms with van der Waals surface area (Å²) in [6.07, 6.45) is 8.47. The molecule has 1 fully saturated rings. The first-order chi connectivity index (χ1) is 8.66. The first-order valence-corrected chi connectivity index (χ1v) is 6.44. The maximum atomic E-state index is 5.04. The van der Waals surface area contributed by atoms with Gasteiger partial charge in [0, 0.05) is 12.1 Å². The van der Waals surface area contributed by atoms with Crippen LogP contribution in [0.5, 0.6) is 5.75 Å². The van der Waals surface area contributed by atoms with Gasteiger partial charge < -0.3 is 15.0 Å². The number of aromatic nitrogens is 2. The van der Waals surface area contributed by atoms with Crippen LogP contribution in [-0.2, 0) is 0 Å². The van der Waals surface area contributed by atoms with E-state index in [9.17, 15) is 0 Å². The predicted octanol–water partition coefficient (Wildman–Crippen LogP) is 1.77. The van der Waals surface area contributed by atoms with E-state index in [1.165, 1.54) is 25.7 Å². The van der Waals surface area contributed by atoms with Crippen LogP contribution in [0.4, 0.5) is 5.95 Å². The van der Waals surface area contributed by atoms with Gasteiger partial charge in [-0.15, -0.1) is 0 Å². The highest BCUT2D eigenvalue weighted by Gasteiger charge is 2.35. The molecule has 0 radical (unpaired) electrons. The molecule has 1 aliphatic carbocycles. The molecule has 5 nitrogen and oxygen atoms in total. The maximum absolute atomic E-state index is 5.04. The summed E-state index contributed by atoms with van der Waals surface area (Å²) in [5.74, 6) is 1.35. The second-order valence-electron chi connectivity index (χ2n) is 5.13. The molecule has 0 spiro atoms. The van der Waals surface area contributed by atoms with Gasteiger partial charge in [-0.25, -0.2) is 9.97 Å². The fourth-order valence-electron chi connectivity index (χ4n) is 2.57. The van der Waals surface area contributed by atoms with Crippen LogP contribution < -0.4 is 10.1 Å². The maximum Gasteiger partial charge on any atom is 0.222 e. The largest absolute Gasteiger partial charge is 0.494 e. The molecule has 1 saturated carbocycles. The lowest BCUT2D eigenvalue weighted by Crippen LogP contribution is -2.47. The topological polar surface area (TPSA) is 50.3 Å². The van der Waals surface area contributed by atoms with Crippen LogP contribution in [0, 0.1) is 0 Å². The summed E-state index contributed by atoms with van der Waals surface area (Å²) in [5.41, 5.74) is 0.253. The second kappa shape index (κ2) is 5.52. The van der Waals surface area contributed by atoms with E-state index in [1.54, 1.807) is 19.5 Å². The zero-order valence-electron chi connectivity index (χ0n) is 11.4. The molecule has 0 atom stereocenters. The van der Waals surface area contributed by atoms with Gasteiger partial charge in [0.05, 0.1) is 19.5 Å². The molecule has 1 heterocycles. The molecular formula is C13H22N4O. The third-order valence-electron chi connectivity index (χ3n) is 3.92. The Kier molecular flexibility index (Phi) is 4.01. The van der Waals surface area contributed by atoms with Crippen molar-refractivity contribution in [2.45, 2.75) is 31.2 Å². The van der Waals surface area contributed by atoms with E-state index in [1.807, 2.05) is 0 Å². The van der Waals surface area contributed by atoms with Gasteiger partial charge in [0.25, 0.3) is 0 Å². The van der Waals surface area contributed by atoms with E-state index in [0.29, 0.717) is 11.7 Å². The van der Waals surface area contributed by atoms with Gasteiger partial charge >= 0.3 is 0 Å². The normalized spacial score (nSPS) is 18.0. The quantitative estimate of drug-likeness (QED) is 0.863. The van der Waals surface area contributed by atoms with Crippen LogP contribution in [0.2, 0.25) is 0 Å². The Hall–Kier alpha value is -1.36. The summed E-state index contributed by atoms with van der Waals surface area (Å²) in [5, 5.41) is 3.34. The van der Waals surface area contributed by atoms with E-state index >= 15 is 0 Å². The number of hydrogen-bond acceptors (Lipinski definition) is 5. The van der Waals surface area contributed by atoms with Gasteiger partial charge in [-0.2, -0.15) is 0 Å². The summed E-state index contributed by atoms with van der Waals surface area (Å²) < 4.78 is 5.04. The van der Waals surface area contributed by atoms with Crippen LogP contribution in [0.15, 0.2) is 12.4 Å². The van der Waals surface area contributed by atoms with Gasteiger partial charge in [0.1, 0.15) is 0 Å². The molecule has 0 aliphatic heterocycles. The van der Waals surface area contributed by atoms with Crippen LogP contribution in [0.3, 0.4) is 0 Å². The van der Waals surface area contributed by atoms with E-state index in [-0.39, 0.29) is 5.54 Å². The minimum atomic E-state index is 0.253. The Morgan fingerprint density at radius 1 is 1.28 bits per heavy atom. The Morgan fingerprint density at radius 2 is 1.89 bits per heavy atom. The Bertz CT molecular complexity index is 371. The van der Waals surface area contributed by atoms with Gasteiger partial charge in [-0.1, -0.05) is 12.8 Å². The summed E-state index contributed by atoms with van der Waals surface area (Å²) in [6, 6.07) is 0. The molecule has 2 rings (SSSR count). The number of hydrogen-bond donors (Lipinski definition) is 1. The Labute approximate surface area is 109 Å². The van der Waals surface area contributed by atoms with Gasteiger partial charge in [0.15, 0.2) is 5.75 Å². The summed E-state index contributed by atoms with van der Waals surface area (Å²) in [6.45, 7) is 0.895. The summed E-state index contributed by atoms with van der Waals surface area (Å²) in [4.78, 5) is 10.8. The lowest BCUT2D eigenvalue weighted by molar-refractivity contribution is 0.172. The van der Waals surface area contributed by atoms with Crippen LogP contribution in [0.1, 0.15) is 25.7 Å². The van der Waals surface area contributed by atoms with Crippen molar-refractivity contribution >= 4 is 5.95 Å². The number of rotatable bonds is 5. The van der Waals surface area contributed by atoms with Crippen molar-refractivity contribution in [2.24, 2.45) is 0 Å². The van der Waals surface area contributed by atoms with Crippen molar-refractivity contribution in [3.8, 4) is 5.75 Å². The van der Waals surface area contributed by atoms with Gasteiger partial charge in [0.2, 0.25) is 5.95 Å². The molecule has 0 bridgehead atoms. The van der Waals surface area contributed by atoms with Gasteiger partial charge in [-0.05, 0) is 26.9 Å². The van der Waals surface area contributed by atoms with E-state index in [0.717, 1.165) is 6.54 Å². The number of methoxy groups -OCH3 is 1. The minimum absolute atomic E-state index is 0.253. The van der Waals surface area contributed by atoms with Crippen LogP contribution >= 0.6 is 0 Å². The van der Waals surface area contributed by atoms with E-state index in [2.05, 4.69) is 34.3 Å². The standard InChI is InChI=1S/C13H22N4O/c1-17(2)13(6-4-5-7-13)10-16-12-14-8-11(18-3)9-15-12/h8-9H,4-7,10H2,1-3H3,(H,14,15,16). The highest BCUT2D eigenvalue weighted by molar-refractivity contribution is 5.28. The fraction of sp³-hybridized carbons (Fsp3) is 0.692. The van der Waals surface area contributed by atoms with Crippen LogP contribution in [-0.4, -0.2) is 48.2 Å². The molecule has 0 saturated heterocycles. The number of likely N-dealkylation sites (N-methyl/N-ethyl adjacent to an activating group) is 1. The third-order valence-corrected chi connectivity index (χ3v) is 3.92.